The molecular weight excluding hydrogens is 392 g/mol. The molecule has 7 heteroatoms. The Bertz CT molecular complexity index is 980. The minimum Gasteiger partial charge on any atom is -0.339 e. The van der Waals surface area contributed by atoms with Gasteiger partial charge in [-0.05, 0) is 42.7 Å². The molecular formula is C24H26N4O3. The number of amides is 3. The van der Waals surface area contributed by atoms with Crippen molar-refractivity contribution in [1.29, 1.82) is 0 Å². The second-order valence-corrected chi connectivity index (χ2v) is 7.80. The molecule has 0 unspecified atom stereocenters. The minimum absolute atomic E-state index is 0.0296. The van der Waals surface area contributed by atoms with Crippen molar-refractivity contribution >= 4 is 29.1 Å². The zero-order chi connectivity index (χ0) is 21.6. The summed E-state index contributed by atoms with van der Waals surface area (Å²) in [6.45, 7) is 2.15. The molecule has 1 saturated heterocycles. The molecule has 0 aromatic heterocycles. The van der Waals surface area contributed by atoms with E-state index in [9.17, 15) is 14.4 Å². The van der Waals surface area contributed by atoms with Crippen molar-refractivity contribution in [2.24, 2.45) is 5.10 Å². The van der Waals surface area contributed by atoms with Crippen LogP contribution in [0.15, 0.2) is 59.7 Å². The van der Waals surface area contributed by atoms with E-state index in [4.69, 9.17) is 0 Å². The molecule has 2 heterocycles. The third-order valence-electron chi connectivity index (χ3n) is 5.57. The smallest absolute Gasteiger partial charge is 0.253 e. The van der Waals surface area contributed by atoms with Gasteiger partial charge in [-0.2, -0.15) is 5.10 Å². The fraction of sp³-hybridized carbons (Fsp3) is 0.333. The summed E-state index contributed by atoms with van der Waals surface area (Å²) in [5.41, 5.74) is 3.14. The number of likely N-dealkylation sites (tertiary alicyclic amines) is 1. The van der Waals surface area contributed by atoms with Gasteiger partial charge in [-0.3, -0.25) is 14.4 Å². The number of benzene rings is 2. The minimum atomic E-state index is -0.238. The molecule has 0 radical (unpaired) electrons. The van der Waals surface area contributed by atoms with E-state index in [1.165, 1.54) is 5.01 Å². The molecule has 2 aromatic carbocycles. The number of carbonyl (C=O) groups excluding carboxylic acids is 3. The molecule has 2 aliphatic rings. The Hall–Kier alpha value is -3.48. The van der Waals surface area contributed by atoms with Crippen molar-refractivity contribution in [1.82, 2.24) is 9.91 Å². The van der Waals surface area contributed by atoms with Gasteiger partial charge in [0.2, 0.25) is 11.8 Å². The highest BCUT2D eigenvalue weighted by molar-refractivity contribution is 6.03. The van der Waals surface area contributed by atoms with E-state index in [1.54, 1.807) is 24.3 Å². The van der Waals surface area contributed by atoms with Crippen LogP contribution in [0.1, 0.15) is 48.0 Å². The van der Waals surface area contributed by atoms with Gasteiger partial charge in [0, 0.05) is 43.6 Å². The monoisotopic (exact) mass is 418 g/mol. The third-order valence-corrected chi connectivity index (χ3v) is 5.57. The Morgan fingerprint density at radius 1 is 0.871 bits per heavy atom. The maximum Gasteiger partial charge on any atom is 0.253 e. The first-order chi connectivity index (χ1) is 15.1. The fourth-order valence-electron chi connectivity index (χ4n) is 3.84. The highest BCUT2D eigenvalue weighted by atomic mass is 16.2. The molecule has 0 bridgehead atoms. The van der Waals surface area contributed by atoms with Crippen molar-refractivity contribution in [3.05, 3.63) is 65.7 Å². The summed E-state index contributed by atoms with van der Waals surface area (Å²) in [4.78, 5) is 38.9. The highest BCUT2D eigenvalue weighted by Gasteiger charge is 2.22. The molecule has 0 saturated carbocycles. The van der Waals surface area contributed by atoms with Crippen LogP contribution in [0.3, 0.4) is 0 Å². The maximum atomic E-state index is 12.4. The molecule has 2 aromatic rings. The average molecular weight is 418 g/mol. The summed E-state index contributed by atoms with van der Waals surface area (Å²) in [6, 6.07) is 16.7. The van der Waals surface area contributed by atoms with Gasteiger partial charge in [0.15, 0.2) is 0 Å². The molecule has 2 aliphatic heterocycles. The van der Waals surface area contributed by atoms with E-state index >= 15 is 0 Å². The van der Waals surface area contributed by atoms with Crippen molar-refractivity contribution in [3.8, 4) is 0 Å². The van der Waals surface area contributed by atoms with E-state index < -0.39 is 0 Å². The van der Waals surface area contributed by atoms with Gasteiger partial charge >= 0.3 is 0 Å². The second-order valence-electron chi connectivity index (χ2n) is 7.80. The fourth-order valence-corrected chi connectivity index (χ4v) is 3.84. The number of hydrazone groups is 1. The van der Waals surface area contributed by atoms with E-state index in [1.807, 2.05) is 35.2 Å². The van der Waals surface area contributed by atoms with Crippen LogP contribution in [0.25, 0.3) is 0 Å². The Labute approximate surface area is 181 Å². The summed E-state index contributed by atoms with van der Waals surface area (Å²) in [6.07, 6.45) is 3.00. The number of anilines is 1. The molecule has 0 atom stereocenters. The SMILES string of the molecule is O=C(CCC(=O)N1CCC(c2ccccc2)=N1)Nc1ccc(C(=O)N2CCCC2)cc1. The first kappa shape index (κ1) is 20.8. The van der Waals surface area contributed by atoms with Gasteiger partial charge in [-0.15, -0.1) is 0 Å². The lowest BCUT2D eigenvalue weighted by molar-refractivity contribution is -0.132. The number of carbonyl (C=O) groups is 3. The molecule has 1 fully saturated rings. The summed E-state index contributed by atoms with van der Waals surface area (Å²) in [5.74, 6) is -0.368. The van der Waals surface area contributed by atoms with E-state index in [0.29, 0.717) is 24.2 Å². The van der Waals surface area contributed by atoms with Crippen molar-refractivity contribution in [2.75, 3.05) is 25.0 Å². The first-order valence-corrected chi connectivity index (χ1v) is 10.7. The summed E-state index contributed by atoms with van der Waals surface area (Å²) >= 11 is 0. The Balaban J connectivity index is 1.25. The molecule has 0 aliphatic carbocycles. The molecule has 31 heavy (non-hydrogen) atoms. The van der Waals surface area contributed by atoms with Gasteiger partial charge in [-0.1, -0.05) is 30.3 Å². The Morgan fingerprint density at radius 3 is 2.29 bits per heavy atom. The average Bonchev–Trinajstić information content (AvgIpc) is 3.51. The van der Waals surface area contributed by atoms with Crippen LogP contribution in [-0.2, 0) is 9.59 Å². The largest absolute Gasteiger partial charge is 0.339 e. The topological polar surface area (TPSA) is 82.1 Å². The number of rotatable bonds is 6. The van der Waals surface area contributed by atoms with Gasteiger partial charge in [0.25, 0.3) is 5.91 Å². The third kappa shape index (κ3) is 5.17. The predicted octanol–water partition coefficient (Wildman–Crippen LogP) is 3.28. The standard InChI is InChI=1S/C24H26N4O3/c29-22(25-20-10-8-19(9-11-20)24(31)27-15-4-5-16-27)12-13-23(30)28-17-14-21(26-28)18-6-2-1-3-7-18/h1-3,6-11H,4-5,12-17H2,(H,25,29). The normalized spacial score (nSPS) is 15.7. The Morgan fingerprint density at radius 2 is 1.58 bits per heavy atom. The molecule has 1 N–H and O–H groups in total. The quantitative estimate of drug-likeness (QED) is 0.782. The summed E-state index contributed by atoms with van der Waals surface area (Å²) < 4.78 is 0. The van der Waals surface area contributed by atoms with Gasteiger partial charge in [-0.25, -0.2) is 5.01 Å². The van der Waals surface area contributed by atoms with Crippen LogP contribution in [0.5, 0.6) is 0 Å². The van der Waals surface area contributed by atoms with E-state index in [2.05, 4.69) is 10.4 Å². The van der Waals surface area contributed by atoms with Gasteiger partial charge < -0.3 is 10.2 Å². The van der Waals surface area contributed by atoms with Crippen LogP contribution in [0, 0.1) is 0 Å². The van der Waals surface area contributed by atoms with Gasteiger partial charge in [0.1, 0.15) is 0 Å². The summed E-state index contributed by atoms with van der Waals surface area (Å²) in [5, 5.41) is 8.65. The maximum absolute atomic E-state index is 12.4. The summed E-state index contributed by atoms with van der Waals surface area (Å²) in [7, 11) is 0. The number of hydrogen-bond donors (Lipinski definition) is 1. The van der Waals surface area contributed by atoms with E-state index in [-0.39, 0.29) is 30.6 Å². The first-order valence-electron chi connectivity index (χ1n) is 10.7. The number of nitrogens with one attached hydrogen (secondary N) is 1. The van der Waals surface area contributed by atoms with Crippen molar-refractivity contribution in [2.45, 2.75) is 32.1 Å². The van der Waals surface area contributed by atoms with Crippen LogP contribution in [0.4, 0.5) is 5.69 Å². The molecule has 7 nitrogen and oxygen atoms in total. The molecule has 4 rings (SSSR count). The zero-order valence-corrected chi connectivity index (χ0v) is 17.4. The Kier molecular flexibility index (Phi) is 6.40. The van der Waals surface area contributed by atoms with Crippen LogP contribution < -0.4 is 5.32 Å². The lowest BCUT2D eigenvalue weighted by Crippen LogP contribution is -2.27. The lowest BCUT2D eigenvalue weighted by Gasteiger charge is -2.15. The zero-order valence-electron chi connectivity index (χ0n) is 17.4. The second kappa shape index (κ2) is 9.55. The van der Waals surface area contributed by atoms with Crippen LogP contribution in [-0.4, -0.2) is 53.0 Å². The van der Waals surface area contributed by atoms with Crippen molar-refractivity contribution in [3.63, 3.8) is 0 Å². The van der Waals surface area contributed by atoms with Gasteiger partial charge in [0.05, 0.1) is 12.3 Å². The molecule has 0 spiro atoms. The van der Waals surface area contributed by atoms with Crippen LogP contribution in [0.2, 0.25) is 0 Å². The number of nitrogens with zero attached hydrogens (tertiary/aromatic N) is 3. The van der Waals surface area contributed by atoms with Crippen LogP contribution >= 0.6 is 0 Å². The predicted molar refractivity (Wildman–Crippen MR) is 119 cm³/mol. The number of hydrogen-bond acceptors (Lipinski definition) is 4. The lowest BCUT2D eigenvalue weighted by atomic mass is 10.1. The highest BCUT2D eigenvalue weighted by Crippen LogP contribution is 2.17. The molecule has 160 valence electrons. The molecule has 3 amide bonds. The van der Waals surface area contributed by atoms with Crippen molar-refractivity contribution < 1.29 is 14.4 Å². The van der Waals surface area contributed by atoms with E-state index in [0.717, 1.165) is 37.2 Å².